The fourth-order valence-corrected chi connectivity index (χ4v) is 2.12. The van der Waals surface area contributed by atoms with Crippen molar-refractivity contribution in [2.75, 3.05) is 0 Å². The van der Waals surface area contributed by atoms with E-state index >= 15 is 0 Å². The molecule has 2 N–H and O–H groups in total. The van der Waals surface area contributed by atoms with Gasteiger partial charge in [0.05, 0.1) is 0 Å². The van der Waals surface area contributed by atoms with Gasteiger partial charge in [0.25, 0.3) is 0 Å². The van der Waals surface area contributed by atoms with Crippen molar-refractivity contribution >= 4 is 0 Å². The molecule has 0 spiro atoms. The molecule has 0 aromatic heterocycles. The second kappa shape index (κ2) is 6.53. The van der Waals surface area contributed by atoms with Crippen LogP contribution in [0, 0.1) is 12.7 Å². The minimum Gasteiger partial charge on any atom is -0.486 e. The number of hydrogen-bond acceptors (Lipinski definition) is 2. The molecule has 3 heteroatoms. The molecule has 0 fully saturated rings. The topological polar surface area (TPSA) is 35.2 Å². The molecule has 1 atom stereocenters. The molecule has 0 amide bonds. The molecule has 0 saturated carbocycles. The van der Waals surface area contributed by atoms with Crippen LogP contribution < -0.4 is 10.5 Å². The van der Waals surface area contributed by atoms with Gasteiger partial charge in [-0.1, -0.05) is 35.9 Å². The lowest BCUT2D eigenvalue weighted by Gasteiger charge is -2.10. The second-order valence-electron chi connectivity index (χ2n) is 5.22. The van der Waals surface area contributed by atoms with Gasteiger partial charge in [0.15, 0.2) is 11.6 Å². The van der Waals surface area contributed by atoms with Crippen LogP contribution in [0.15, 0.2) is 42.5 Å². The van der Waals surface area contributed by atoms with Crippen LogP contribution in [-0.2, 0) is 13.0 Å². The normalized spacial score (nSPS) is 12.2. The number of aryl methyl sites for hydroxylation is 1. The Morgan fingerprint density at radius 3 is 2.60 bits per heavy atom. The molecule has 0 saturated heterocycles. The third-order valence-electron chi connectivity index (χ3n) is 3.03. The lowest BCUT2D eigenvalue weighted by molar-refractivity contribution is 0.290. The number of ether oxygens (including phenoxy) is 1. The first-order valence-corrected chi connectivity index (χ1v) is 6.77. The molecule has 2 aromatic rings. The van der Waals surface area contributed by atoms with Crippen molar-refractivity contribution in [2.45, 2.75) is 32.9 Å². The summed E-state index contributed by atoms with van der Waals surface area (Å²) < 4.78 is 19.4. The molecule has 2 aromatic carbocycles. The highest BCUT2D eigenvalue weighted by Crippen LogP contribution is 2.20. The van der Waals surface area contributed by atoms with E-state index in [-0.39, 0.29) is 17.6 Å². The van der Waals surface area contributed by atoms with Gasteiger partial charge in [-0.2, -0.15) is 0 Å². The molecular weight excluding hydrogens is 253 g/mol. The number of hydrogen-bond donors (Lipinski definition) is 1. The van der Waals surface area contributed by atoms with E-state index in [2.05, 4.69) is 0 Å². The molecule has 0 aliphatic carbocycles. The monoisotopic (exact) mass is 273 g/mol. The fraction of sp³-hybridized carbons (Fsp3) is 0.294. The van der Waals surface area contributed by atoms with E-state index in [9.17, 15) is 4.39 Å². The number of nitrogens with two attached hydrogens (primary N) is 1. The summed E-state index contributed by atoms with van der Waals surface area (Å²) in [6.07, 6.45) is 0.662. The van der Waals surface area contributed by atoms with E-state index in [1.54, 1.807) is 6.07 Å². The Morgan fingerprint density at radius 1 is 1.15 bits per heavy atom. The Hall–Kier alpha value is -1.87. The fourth-order valence-electron chi connectivity index (χ4n) is 2.12. The van der Waals surface area contributed by atoms with Crippen molar-refractivity contribution in [2.24, 2.45) is 5.73 Å². The van der Waals surface area contributed by atoms with E-state index in [4.69, 9.17) is 10.5 Å². The SMILES string of the molecule is Cc1cccc(COc2ccc(CC(C)N)cc2F)c1. The van der Waals surface area contributed by atoms with Crippen LogP contribution in [0.3, 0.4) is 0 Å². The van der Waals surface area contributed by atoms with Gasteiger partial charge in [-0.3, -0.25) is 0 Å². The van der Waals surface area contributed by atoms with Gasteiger partial charge in [-0.25, -0.2) is 4.39 Å². The third-order valence-corrected chi connectivity index (χ3v) is 3.03. The minimum absolute atomic E-state index is 0.0217. The maximum absolute atomic E-state index is 13.9. The highest BCUT2D eigenvalue weighted by atomic mass is 19.1. The summed E-state index contributed by atoms with van der Waals surface area (Å²) in [6.45, 7) is 4.29. The molecule has 0 radical (unpaired) electrons. The average Bonchev–Trinajstić information content (AvgIpc) is 2.37. The lowest BCUT2D eigenvalue weighted by atomic mass is 10.1. The Bertz CT molecular complexity index is 581. The van der Waals surface area contributed by atoms with Crippen LogP contribution in [0.5, 0.6) is 5.75 Å². The number of benzene rings is 2. The van der Waals surface area contributed by atoms with E-state index < -0.39 is 0 Å². The first-order valence-electron chi connectivity index (χ1n) is 6.77. The minimum atomic E-state index is -0.337. The van der Waals surface area contributed by atoms with Gasteiger partial charge < -0.3 is 10.5 Å². The average molecular weight is 273 g/mol. The highest BCUT2D eigenvalue weighted by Gasteiger charge is 2.06. The number of rotatable bonds is 5. The van der Waals surface area contributed by atoms with Crippen molar-refractivity contribution in [3.8, 4) is 5.75 Å². The second-order valence-corrected chi connectivity index (χ2v) is 5.22. The first-order chi connectivity index (χ1) is 9.54. The molecule has 106 valence electrons. The van der Waals surface area contributed by atoms with E-state index in [1.807, 2.05) is 44.2 Å². The Balaban J connectivity index is 2.03. The lowest BCUT2D eigenvalue weighted by Crippen LogP contribution is -2.17. The van der Waals surface area contributed by atoms with Gasteiger partial charge in [0, 0.05) is 6.04 Å². The maximum atomic E-state index is 13.9. The van der Waals surface area contributed by atoms with Crippen molar-refractivity contribution in [1.29, 1.82) is 0 Å². The summed E-state index contributed by atoms with van der Waals surface area (Å²) in [5, 5.41) is 0. The molecule has 0 heterocycles. The Morgan fingerprint density at radius 2 is 1.95 bits per heavy atom. The van der Waals surface area contributed by atoms with Crippen molar-refractivity contribution in [3.63, 3.8) is 0 Å². The quantitative estimate of drug-likeness (QED) is 0.903. The largest absolute Gasteiger partial charge is 0.486 e. The van der Waals surface area contributed by atoms with E-state index in [0.29, 0.717) is 13.0 Å². The summed E-state index contributed by atoms with van der Waals surface area (Å²) in [6, 6.07) is 13.0. The molecule has 0 aliphatic heterocycles. The summed E-state index contributed by atoms with van der Waals surface area (Å²) >= 11 is 0. The summed E-state index contributed by atoms with van der Waals surface area (Å²) in [5.74, 6) is -0.0595. The Labute approximate surface area is 119 Å². The molecule has 1 unspecified atom stereocenters. The Kier molecular flexibility index (Phi) is 4.74. The standard InChI is InChI=1S/C17H20FNO/c1-12-4-3-5-15(8-12)11-20-17-7-6-14(9-13(2)19)10-16(17)18/h3-8,10,13H,9,11,19H2,1-2H3. The van der Waals surface area contributed by atoms with Gasteiger partial charge in [-0.05, 0) is 43.5 Å². The molecule has 20 heavy (non-hydrogen) atoms. The van der Waals surface area contributed by atoms with Crippen molar-refractivity contribution in [3.05, 3.63) is 65.0 Å². The molecule has 2 rings (SSSR count). The molecular formula is C17H20FNO. The summed E-state index contributed by atoms with van der Waals surface area (Å²) in [7, 11) is 0. The van der Waals surface area contributed by atoms with Gasteiger partial charge >= 0.3 is 0 Å². The molecule has 0 aliphatic rings. The zero-order valence-corrected chi connectivity index (χ0v) is 11.9. The predicted octanol–water partition coefficient (Wildman–Crippen LogP) is 3.60. The van der Waals surface area contributed by atoms with Gasteiger partial charge in [0.1, 0.15) is 6.61 Å². The summed E-state index contributed by atoms with van der Waals surface area (Å²) in [5.41, 5.74) is 8.79. The van der Waals surface area contributed by atoms with Crippen LogP contribution >= 0.6 is 0 Å². The highest BCUT2D eigenvalue weighted by molar-refractivity contribution is 5.30. The zero-order valence-electron chi connectivity index (χ0n) is 11.9. The third kappa shape index (κ3) is 4.07. The van der Waals surface area contributed by atoms with Gasteiger partial charge in [0.2, 0.25) is 0 Å². The zero-order chi connectivity index (χ0) is 14.5. The summed E-state index contributed by atoms with van der Waals surface area (Å²) in [4.78, 5) is 0. The van der Waals surface area contributed by atoms with E-state index in [0.717, 1.165) is 11.1 Å². The smallest absolute Gasteiger partial charge is 0.165 e. The van der Waals surface area contributed by atoms with Gasteiger partial charge in [-0.15, -0.1) is 0 Å². The van der Waals surface area contributed by atoms with Crippen LogP contribution in [-0.4, -0.2) is 6.04 Å². The predicted molar refractivity (Wildman–Crippen MR) is 79.3 cm³/mol. The molecule has 0 bridgehead atoms. The molecule has 2 nitrogen and oxygen atoms in total. The van der Waals surface area contributed by atoms with E-state index in [1.165, 1.54) is 11.6 Å². The van der Waals surface area contributed by atoms with Crippen LogP contribution in [0.2, 0.25) is 0 Å². The van der Waals surface area contributed by atoms with Crippen molar-refractivity contribution < 1.29 is 9.13 Å². The van der Waals surface area contributed by atoms with Crippen molar-refractivity contribution in [1.82, 2.24) is 0 Å². The number of halogens is 1. The first kappa shape index (κ1) is 14.5. The van der Waals surface area contributed by atoms with Crippen LogP contribution in [0.1, 0.15) is 23.6 Å². The van der Waals surface area contributed by atoms with Crippen LogP contribution in [0.25, 0.3) is 0 Å². The maximum Gasteiger partial charge on any atom is 0.165 e. The van der Waals surface area contributed by atoms with Crippen LogP contribution in [0.4, 0.5) is 4.39 Å².